The van der Waals surface area contributed by atoms with Crippen molar-refractivity contribution in [2.45, 2.75) is 50.4 Å². The van der Waals surface area contributed by atoms with Crippen LogP contribution in [0, 0.1) is 0 Å². The van der Waals surface area contributed by atoms with Gasteiger partial charge in [0.25, 0.3) is 0 Å². The molecule has 1 aromatic rings. The van der Waals surface area contributed by atoms with E-state index >= 15 is 0 Å². The molecule has 4 amide bonds. The van der Waals surface area contributed by atoms with E-state index in [2.05, 4.69) is 25.9 Å². The maximum atomic E-state index is 12.5. The number of rotatable bonds is 13. The summed E-state index contributed by atoms with van der Waals surface area (Å²) in [5.41, 5.74) is 11.0. The van der Waals surface area contributed by atoms with Gasteiger partial charge in [0, 0.05) is 24.7 Å². The van der Waals surface area contributed by atoms with E-state index in [1.165, 1.54) is 19.4 Å². The van der Waals surface area contributed by atoms with E-state index in [1.807, 2.05) is 0 Å². The molecule has 14 nitrogen and oxygen atoms in total. The third-order valence-electron chi connectivity index (χ3n) is 4.19. The van der Waals surface area contributed by atoms with Crippen LogP contribution in [0.2, 0.25) is 0 Å². The molecule has 1 heterocycles. The third-order valence-corrected chi connectivity index (χ3v) is 4.19. The molecule has 10 N–H and O–H groups in total. The van der Waals surface area contributed by atoms with Crippen molar-refractivity contribution in [2.24, 2.45) is 11.5 Å². The molecular weight excluding hydrogens is 414 g/mol. The lowest BCUT2D eigenvalue weighted by Crippen LogP contribution is -2.57. The number of hydrogen-bond donors (Lipinski definition) is 8. The molecule has 0 saturated heterocycles. The topological polar surface area (TPSA) is 243 Å². The van der Waals surface area contributed by atoms with Crippen LogP contribution in [0.15, 0.2) is 12.5 Å². The maximum Gasteiger partial charge on any atom is 0.326 e. The van der Waals surface area contributed by atoms with Crippen molar-refractivity contribution < 1.29 is 34.2 Å². The first kappa shape index (κ1) is 25.5. The molecule has 0 radical (unpaired) electrons. The summed E-state index contributed by atoms with van der Waals surface area (Å²) in [5.74, 6) is -4.44. The van der Waals surface area contributed by atoms with E-state index in [4.69, 9.17) is 16.6 Å². The van der Waals surface area contributed by atoms with Gasteiger partial charge in [0.05, 0.1) is 12.9 Å². The third kappa shape index (κ3) is 8.79. The number of hydrogen-bond acceptors (Lipinski definition) is 8. The van der Waals surface area contributed by atoms with Gasteiger partial charge in [-0.15, -0.1) is 0 Å². The van der Waals surface area contributed by atoms with Crippen LogP contribution >= 0.6 is 0 Å². The molecule has 14 heteroatoms. The van der Waals surface area contributed by atoms with Crippen LogP contribution < -0.4 is 27.4 Å². The molecule has 0 aromatic carbocycles. The van der Waals surface area contributed by atoms with Crippen LogP contribution in [-0.2, 0) is 30.4 Å². The fourth-order valence-electron chi connectivity index (χ4n) is 2.41. The number of aromatic nitrogens is 2. The predicted octanol–water partition coefficient (Wildman–Crippen LogP) is -3.90. The lowest BCUT2D eigenvalue weighted by Gasteiger charge is -2.23. The lowest BCUT2D eigenvalue weighted by atomic mass is 10.1. The lowest BCUT2D eigenvalue weighted by molar-refractivity contribution is -0.142. The smallest absolute Gasteiger partial charge is 0.326 e. The molecule has 1 rings (SSSR count). The maximum absolute atomic E-state index is 12.5. The number of carboxylic acids is 1. The molecule has 0 aliphatic carbocycles. The Bertz CT molecular complexity index is 784. The molecule has 0 fully saturated rings. The van der Waals surface area contributed by atoms with Crippen LogP contribution in [0.3, 0.4) is 0 Å². The quantitative estimate of drug-likeness (QED) is 0.149. The number of aliphatic hydroxyl groups is 1. The second kappa shape index (κ2) is 12.2. The van der Waals surface area contributed by atoms with Crippen molar-refractivity contribution in [1.82, 2.24) is 25.9 Å². The highest BCUT2D eigenvalue weighted by Gasteiger charge is 2.28. The van der Waals surface area contributed by atoms with E-state index in [9.17, 15) is 29.1 Å². The molecule has 0 aliphatic heterocycles. The summed E-state index contributed by atoms with van der Waals surface area (Å²) in [5, 5.41) is 25.2. The van der Waals surface area contributed by atoms with Crippen molar-refractivity contribution >= 4 is 29.6 Å². The number of primary amides is 1. The Labute approximate surface area is 177 Å². The minimum Gasteiger partial charge on any atom is -0.480 e. The van der Waals surface area contributed by atoms with Gasteiger partial charge in [0.15, 0.2) is 0 Å². The molecule has 1 aromatic heterocycles. The Morgan fingerprint density at radius 3 is 2.26 bits per heavy atom. The Kier molecular flexibility index (Phi) is 10.1. The number of nitrogens with one attached hydrogen (secondary N) is 4. The molecule has 0 aliphatic rings. The van der Waals surface area contributed by atoms with Gasteiger partial charge >= 0.3 is 5.97 Å². The van der Waals surface area contributed by atoms with Gasteiger partial charge in [-0.3, -0.25) is 19.2 Å². The van der Waals surface area contributed by atoms with Gasteiger partial charge in [0.1, 0.15) is 24.2 Å². The van der Waals surface area contributed by atoms with E-state index in [-0.39, 0.29) is 19.3 Å². The van der Waals surface area contributed by atoms with Crippen LogP contribution in [0.5, 0.6) is 0 Å². The Hall–Kier alpha value is -3.52. The first-order valence-corrected chi connectivity index (χ1v) is 9.31. The largest absolute Gasteiger partial charge is 0.480 e. The van der Waals surface area contributed by atoms with Crippen molar-refractivity contribution in [3.05, 3.63) is 18.2 Å². The zero-order valence-electron chi connectivity index (χ0n) is 16.8. The van der Waals surface area contributed by atoms with E-state index in [1.54, 1.807) is 0 Å². The van der Waals surface area contributed by atoms with E-state index in [0.717, 1.165) is 0 Å². The molecule has 0 saturated carbocycles. The van der Waals surface area contributed by atoms with Gasteiger partial charge in [-0.1, -0.05) is 0 Å². The number of carboxylic acid groups (broad SMARTS) is 1. The summed E-state index contributed by atoms with van der Waals surface area (Å²) in [6.07, 6.45) is 2.31. The summed E-state index contributed by atoms with van der Waals surface area (Å²) >= 11 is 0. The summed E-state index contributed by atoms with van der Waals surface area (Å²) < 4.78 is 0. The Morgan fingerprint density at radius 2 is 1.74 bits per heavy atom. The molecule has 31 heavy (non-hydrogen) atoms. The first-order valence-electron chi connectivity index (χ1n) is 9.31. The van der Waals surface area contributed by atoms with Crippen molar-refractivity contribution in [3.8, 4) is 0 Å². The van der Waals surface area contributed by atoms with Crippen LogP contribution in [-0.4, -0.2) is 80.6 Å². The minimum absolute atomic E-state index is 0.0575. The Morgan fingerprint density at radius 1 is 1.10 bits per heavy atom. The van der Waals surface area contributed by atoms with E-state index in [0.29, 0.717) is 5.69 Å². The highest BCUT2D eigenvalue weighted by Crippen LogP contribution is 2.02. The summed E-state index contributed by atoms with van der Waals surface area (Å²) in [4.78, 5) is 65.7. The number of aliphatic carboxylic acids is 1. The van der Waals surface area contributed by atoms with Gasteiger partial charge in [-0.25, -0.2) is 9.78 Å². The zero-order valence-corrected chi connectivity index (χ0v) is 16.8. The summed E-state index contributed by atoms with van der Waals surface area (Å²) in [7, 11) is 0. The number of H-pyrrole nitrogens is 1. The fraction of sp³-hybridized carbons (Fsp3) is 0.529. The minimum atomic E-state index is -1.29. The van der Waals surface area contributed by atoms with Gasteiger partial charge in [0.2, 0.25) is 23.6 Å². The number of aliphatic hydroxyl groups excluding tert-OH is 1. The predicted molar refractivity (Wildman–Crippen MR) is 105 cm³/mol. The second-order valence-corrected chi connectivity index (χ2v) is 6.77. The average molecular weight is 441 g/mol. The molecule has 172 valence electrons. The number of nitrogens with zero attached hydrogens (tertiary/aromatic N) is 1. The van der Waals surface area contributed by atoms with E-state index < -0.39 is 60.4 Å². The fourth-order valence-corrected chi connectivity index (χ4v) is 2.41. The molecule has 4 unspecified atom stereocenters. The number of carbonyl (C=O) groups excluding carboxylic acids is 4. The standard InChI is InChI=1S/C17H27N7O7/c1-8(14(27)24-12(17(30)31)4-9-5-20-7-21-9)22-16(29)11(2-3-13(19)26)23-15(28)10(18)6-25/h5,7-8,10-12,25H,2-4,6,18H2,1H3,(H2,19,26)(H,20,21)(H,22,29)(H,23,28)(H,24,27)(H,30,31). The number of nitrogens with two attached hydrogens (primary N) is 2. The SMILES string of the molecule is CC(NC(=O)C(CCC(N)=O)NC(=O)C(N)CO)C(=O)NC(Cc1cnc[nH]1)C(=O)O. The highest BCUT2D eigenvalue weighted by atomic mass is 16.4. The number of carbonyl (C=O) groups is 5. The zero-order chi connectivity index (χ0) is 23.6. The summed E-state index contributed by atoms with van der Waals surface area (Å²) in [6.45, 7) is 0.649. The van der Waals surface area contributed by atoms with Crippen LogP contribution in [0.4, 0.5) is 0 Å². The van der Waals surface area contributed by atoms with Crippen LogP contribution in [0.25, 0.3) is 0 Å². The summed E-state index contributed by atoms with van der Waals surface area (Å²) in [6, 6.07) is -4.99. The molecule has 0 spiro atoms. The highest BCUT2D eigenvalue weighted by molar-refractivity contribution is 5.94. The molecule has 0 bridgehead atoms. The van der Waals surface area contributed by atoms with Crippen molar-refractivity contribution in [3.63, 3.8) is 0 Å². The normalized spacial score (nSPS) is 14.5. The molecular formula is C17H27N7O7. The van der Waals surface area contributed by atoms with Gasteiger partial charge < -0.3 is 42.6 Å². The second-order valence-electron chi connectivity index (χ2n) is 6.77. The number of amides is 4. The van der Waals surface area contributed by atoms with Gasteiger partial charge in [-0.2, -0.15) is 0 Å². The average Bonchev–Trinajstić information content (AvgIpc) is 3.22. The van der Waals surface area contributed by atoms with Crippen molar-refractivity contribution in [2.75, 3.05) is 6.61 Å². The molecule has 4 atom stereocenters. The first-order chi connectivity index (χ1) is 14.5. The Balaban J connectivity index is 2.75. The number of imidazole rings is 1. The number of aromatic amines is 1. The van der Waals surface area contributed by atoms with Crippen LogP contribution in [0.1, 0.15) is 25.5 Å². The van der Waals surface area contributed by atoms with Gasteiger partial charge in [-0.05, 0) is 13.3 Å². The van der Waals surface area contributed by atoms with Crippen molar-refractivity contribution in [1.29, 1.82) is 0 Å². The monoisotopic (exact) mass is 441 g/mol.